The van der Waals surface area contributed by atoms with Crippen LogP contribution in [0.25, 0.3) is 6.08 Å². The predicted octanol–water partition coefficient (Wildman–Crippen LogP) is 1.21. The second-order valence-corrected chi connectivity index (χ2v) is 5.93. The summed E-state index contributed by atoms with van der Waals surface area (Å²) >= 11 is 5.93. The third-order valence-electron chi connectivity index (χ3n) is 2.75. The number of aromatic nitrogens is 1. The van der Waals surface area contributed by atoms with E-state index in [2.05, 4.69) is 4.98 Å². The van der Waals surface area contributed by atoms with Gasteiger partial charge in [-0.2, -0.15) is 0 Å². The van der Waals surface area contributed by atoms with Crippen molar-refractivity contribution < 1.29 is 24.6 Å². The first-order chi connectivity index (χ1) is 10.4. The Hall–Kier alpha value is -2.26. The van der Waals surface area contributed by atoms with Gasteiger partial charge in [0.25, 0.3) is 5.91 Å². The van der Waals surface area contributed by atoms with Crippen LogP contribution in [-0.4, -0.2) is 48.3 Å². The molecule has 1 aliphatic heterocycles. The van der Waals surface area contributed by atoms with Crippen LogP contribution in [0.15, 0.2) is 29.3 Å². The number of thiocarbonyl (C=S) groups is 1. The highest BCUT2D eigenvalue weighted by atomic mass is 32.2. The zero-order chi connectivity index (χ0) is 16.3. The standard InChI is InChI=1S/C13H10N2O5S2/c16-10(17)6-8(12(19)20)15-11(18)9(22-13(15)21)5-7-3-1-2-4-14-7/h1-5,8H,6H2,(H,16,17)(H,19,20)/b9-5-/t8-/m1/s1. The average Bonchev–Trinajstić information content (AvgIpc) is 2.72. The number of thioether (sulfide) groups is 1. The average molecular weight is 338 g/mol. The quantitative estimate of drug-likeness (QED) is 0.609. The van der Waals surface area contributed by atoms with E-state index in [1.165, 1.54) is 6.08 Å². The molecule has 0 unspecified atom stereocenters. The minimum atomic E-state index is -1.53. The molecular weight excluding hydrogens is 328 g/mol. The Morgan fingerprint density at radius 1 is 1.41 bits per heavy atom. The zero-order valence-electron chi connectivity index (χ0n) is 11.0. The number of hydrogen-bond acceptors (Lipinski definition) is 6. The molecule has 1 saturated heterocycles. The number of nitrogens with zero attached hydrogens (tertiary/aromatic N) is 2. The molecule has 1 atom stereocenters. The van der Waals surface area contributed by atoms with Crippen LogP contribution >= 0.6 is 24.0 Å². The number of rotatable bonds is 5. The number of amides is 1. The maximum atomic E-state index is 12.3. The first-order valence-electron chi connectivity index (χ1n) is 6.03. The summed E-state index contributed by atoms with van der Waals surface area (Å²) in [6, 6.07) is 3.61. The predicted molar refractivity (Wildman–Crippen MR) is 82.9 cm³/mol. The molecule has 0 spiro atoms. The number of hydrogen-bond donors (Lipinski definition) is 2. The molecule has 2 heterocycles. The molecule has 1 aromatic heterocycles. The Balaban J connectivity index is 2.30. The van der Waals surface area contributed by atoms with Crippen molar-refractivity contribution in [2.45, 2.75) is 12.5 Å². The molecule has 1 fully saturated rings. The molecule has 1 amide bonds. The SMILES string of the molecule is O=C(O)C[C@H](C(=O)O)N1C(=O)/C(=C/c2ccccn2)SC1=S. The summed E-state index contributed by atoms with van der Waals surface area (Å²) in [5, 5.41) is 17.9. The van der Waals surface area contributed by atoms with Gasteiger partial charge in [0.05, 0.1) is 17.0 Å². The summed E-state index contributed by atoms with van der Waals surface area (Å²) < 4.78 is 0.0147. The van der Waals surface area contributed by atoms with Gasteiger partial charge in [0.2, 0.25) is 0 Å². The minimum Gasteiger partial charge on any atom is -0.481 e. The number of carbonyl (C=O) groups excluding carboxylic acids is 1. The fraction of sp³-hybridized carbons (Fsp3) is 0.154. The van der Waals surface area contributed by atoms with Gasteiger partial charge in [-0.25, -0.2) is 4.79 Å². The van der Waals surface area contributed by atoms with E-state index >= 15 is 0 Å². The molecule has 22 heavy (non-hydrogen) atoms. The van der Waals surface area contributed by atoms with Gasteiger partial charge in [-0.1, -0.05) is 30.0 Å². The Kier molecular flexibility index (Phi) is 4.88. The molecule has 1 aliphatic rings. The summed E-state index contributed by atoms with van der Waals surface area (Å²) in [6.07, 6.45) is 2.31. The molecule has 2 rings (SSSR count). The van der Waals surface area contributed by atoms with Gasteiger partial charge in [0, 0.05) is 6.20 Å². The molecule has 0 saturated carbocycles. The number of carboxylic acid groups (broad SMARTS) is 2. The van der Waals surface area contributed by atoms with E-state index in [1.54, 1.807) is 24.4 Å². The minimum absolute atomic E-state index is 0.0147. The first kappa shape index (κ1) is 16.1. The third-order valence-corrected chi connectivity index (χ3v) is 4.09. The van der Waals surface area contributed by atoms with Crippen molar-refractivity contribution in [2.24, 2.45) is 0 Å². The van der Waals surface area contributed by atoms with Crippen molar-refractivity contribution >= 4 is 52.2 Å². The van der Waals surface area contributed by atoms with Crippen LogP contribution in [0.2, 0.25) is 0 Å². The topological polar surface area (TPSA) is 108 Å². The molecule has 1 aromatic rings. The fourth-order valence-electron chi connectivity index (χ4n) is 1.80. The highest BCUT2D eigenvalue weighted by Crippen LogP contribution is 2.34. The number of pyridine rings is 1. The molecule has 0 aliphatic carbocycles. The van der Waals surface area contributed by atoms with Crippen molar-refractivity contribution in [1.82, 2.24) is 9.88 Å². The summed E-state index contributed by atoms with van der Waals surface area (Å²) in [5.74, 6) is -3.37. The molecule has 0 radical (unpaired) electrons. The van der Waals surface area contributed by atoms with Crippen molar-refractivity contribution in [2.75, 3.05) is 0 Å². The molecule has 0 aromatic carbocycles. The number of aliphatic carboxylic acids is 2. The van der Waals surface area contributed by atoms with Crippen molar-refractivity contribution in [3.8, 4) is 0 Å². The van der Waals surface area contributed by atoms with Gasteiger partial charge in [-0.3, -0.25) is 19.5 Å². The summed E-state index contributed by atoms with van der Waals surface area (Å²) in [6.45, 7) is 0. The molecule has 2 N–H and O–H groups in total. The van der Waals surface area contributed by atoms with Crippen molar-refractivity contribution in [3.63, 3.8) is 0 Å². The fourth-order valence-corrected chi connectivity index (χ4v) is 3.14. The van der Waals surface area contributed by atoms with Crippen LogP contribution in [0, 0.1) is 0 Å². The second kappa shape index (κ2) is 6.67. The Bertz CT molecular complexity index is 674. The van der Waals surface area contributed by atoms with Gasteiger partial charge in [-0.05, 0) is 18.2 Å². The molecule has 0 bridgehead atoms. The summed E-state index contributed by atoms with van der Waals surface area (Å²) in [4.78, 5) is 39.4. The van der Waals surface area contributed by atoms with E-state index in [4.69, 9.17) is 22.4 Å². The molecule has 7 nitrogen and oxygen atoms in total. The Labute approximate surface area is 134 Å². The van der Waals surface area contributed by atoms with Gasteiger partial charge >= 0.3 is 11.9 Å². The van der Waals surface area contributed by atoms with Gasteiger partial charge < -0.3 is 10.2 Å². The highest BCUT2D eigenvalue weighted by Gasteiger charge is 2.41. The van der Waals surface area contributed by atoms with Crippen LogP contribution in [0.1, 0.15) is 12.1 Å². The van der Waals surface area contributed by atoms with Crippen LogP contribution in [0.4, 0.5) is 0 Å². The van der Waals surface area contributed by atoms with Crippen LogP contribution in [0.3, 0.4) is 0 Å². The summed E-state index contributed by atoms with van der Waals surface area (Å²) in [7, 11) is 0. The number of carbonyl (C=O) groups is 3. The highest BCUT2D eigenvalue weighted by molar-refractivity contribution is 8.26. The lowest BCUT2D eigenvalue weighted by Crippen LogP contribution is -2.45. The largest absolute Gasteiger partial charge is 0.481 e. The van der Waals surface area contributed by atoms with Gasteiger partial charge in [0.15, 0.2) is 0 Å². The Morgan fingerprint density at radius 2 is 2.14 bits per heavy atom. The molecule has 114 valence electrons. The maximum absolute atomic E-state index is 12.3. The van der Waals surface area contributed by atoms with Crippen molar-refractivity contribution in [3.05, 3.63) is 35.0 Å². The first-order valence-corrected chi connectivity index (χ1v) is 7.25. The molecule has 9 heteroatoms. The Morgan fingerprint density at radius 3 is 2.68 bits per heavy atom. The van der Waals surface area contributed by atoms with Crippen LogP contribution in [-0.2, 0) is 14.4 Å². The van der Waals surface area contributed by atoms with Gasteiger partial charge in [0.1, 0.15) is 10.4 Å². The van der Waals surface area contributed by atoms with E-state index in [1.807, 2.05) is 0 Å². The van der Waals surface area contributed by atoms with Gasteiger partial charge in [-0.15, -0.1) is 0 Å². The van der Waals surface area contributed by atoms with Crippen molar-refractivity contribution in [1.29, 1.82) is 0 Å². The van der Waals surface area contributed by atoms with E-state index in [0.717, 1.165) is 16.7 Å². The normalized spacial score (nSPS) is 17.8. The third kappa shape index (κ3) is 3.49. The maximum Gasteiger partial charge on any atom is 0.327 e. The lowest BCUT2D eigenvalue weighted by molar-refractivity contribution is -0.150. The van der Waals surface area contributed by atoms with E-state index in [9.17, 15) is 14.4 Å². The number of carboxylic acids is 2. The second-order valence-electron chi connectivity index (χ2n) is 4.26. The smallest absolute Gasteiger partial charge is 0.327 e. The van der Waals surface area contributed by atoms with E-state index in [0.29, 0.717) is 5.69 Å². The summed E-state index contributed by atoms with van der Waals surface area (Å²) in [5.41, 5.74) is 0.521. The van der Waals surface area contributed by atoms with E-state index in [-0.39, 0.29) is 9.23 Å². The van der Waals surface area contributed by atoms with E-state index < -0.39 is 30.3 Å². The molecular formula is C13H10N2O5S2. The monoisotopic (exact) mass is 338 g/mol. The lowest BCUT2D eigenvalue weighted by Gasteiger charge is -2.21. The lowest BCUT2D eigenvalue weighted by atomic mass is 10.2. The van der Waals surface area contributed by atoms with Crippen LogP contribution in [0.5, 0.6) is 0 Å². The van der Waals surface area contributed by atoms with Crippen LogP contribution < -0.4 is 0 Å². The zero-order valence-corrected chi connectivity index (χ0v) is 12.6.